The van der Waals surface area contributed by atoms with E-state index in [4.69, 9.17) is 22.3 Å². The zero-order valence-corrected chi connectivity index (χ0v) is 31.3. The Balaban J connectivity index is 0.000000197. The van der Waals surface area contributed by atoms with Crippen LogP contribution in [-0.4, -0.2) is 57.2 Å². The van der Waals surface area contributed by atoms with Crippen LogP contribution in [0.2, 0.25) is 0 Å². The molecule has 0 fully saturated rings. The third-order valence-electron chi connectivity index (χ3n) is 8.18. The number of hydrogen-bond acceptors (Lipinski definition) is 11. The lowest BCUT2D eigenvalue weighted by molar-refractivity contribution is -0.145. The molecule has 4 aromatic carbocycles. The van der Waals surface area contributed by atoms with E-state index in [9.17, 15) is 19.2 Å². The Kier molecular flexibility index (Phi) is 14.7. The minimum absolute atomic E-state index is 0.103. The number of ketones is 1. The topological polar surface area (TPSA) is 199 Å². The summed E-state index contributed by atoms with van der Waals surface area (Å²) in [5, 5.41) is 26.0. The third kappa shape index (κ3) is 10.1. The van der Waals surface area contributed by atoms with Crippen molar-refractivity contribution in [3.05, 3.63) is 137 Å². The quantitative estimate of drug-likeness (QED) is 0.0632. The first-order chi connectivity index (χ1) is 27.1. The number of nitrogens with zero attached hydrogens (tertiary/aromatic N) is 5. The van der Waals surface area contributed by atoms with E-state index in [1.54, 1.807) is 18.5 Å². The van der Waals surface area contributed by atoms with E-state index < -0.39 is 12.0 Å². The van der Waals surface area contributed by atoms with E-state index >= 15 is 0 Å². The van der Waals surface area contributed by atoms with Crippen LogP contribution in [0.5, 0.6) is 0 Å². The summed E-state index contributed by atoms with van der Waals surface area (Å²) in [6.45, 7) is 14.7. The van der Waals surface area contributed by atoms with Crippen molar-refractivity contribution in [3.8, 4) is 6.07 Å². The van der Waals surface area contributed by atoms with Crippen molar-refractivity contribution in [1.82, 2.24) is 20.0 Å². The maximum atomic E-state index is 12.8. The number of fused-ring (bicyclic) bond motifs is 3. The summed E-state index contributed by atoms with van der Waals surface area (Å²) in [5.74, 6) is -0.0645. The Hall–Kier alpha value is -7.58. The minimum atomic E-state index is -0.470. The van der Waals surface area contributed by atoms with Gasteiger partial charge in [0.1, 0.15) is 41.5 Å². The molecule has 284 valence electrons. The number of allylic oxidation sites excluding steroid dienone is 1. The van der Waals surface area contributed by atoms with Gasteiger partial charge in [-0.3, -0.25) is 19.5 Å². The number of rotatable bonds is 7. The minimum Gasteiger partial charge on any atom is -0.466 e. The summed E-state index contributed by atoms with van der Waals surface area (Å²) in [6.07, 6.45) is 3.69. The number of nitrogens with one attached hydrogen (secondary N) is 2. The number of nitrogens with two attached hydrogens (primary N) is 1. The SMILES string of the molecule is CCOC(=O)CC(C)=O.N#Cc1cn[nH]c1N.O=Cc1cccc2ccccc12.[C-]#[N+]c1cnn2c1NC(C)=C(C(=O)OCC)C2c1cccc2ccccc12. The number of carbonyl (C=O) groups is 4. The highest BCUT2D eigenvalue weighted by molar-refractivity contribution is 5.98. The molecule has 0 saturated carbocycles. The van der Waals surface area contributed by atoms with Gasteiger partial charge in [-0.2, -0.15) is 15.5 Å². The molecule has 14 heteroatoms. The Bertz CT molecular complexity index is 2460. The number of ether oxygens (including phenoxy) is 2. The first kappa shape index (κ1) is 41.2. The monoisotopic (exact) mass is 752 g/mol. The summed E-state index contributed by atoms with van der Waals surface area (Å²) in [6, 6.07) is 29.0. The number of nitrogen functional groups attached to an aromatic ring is 1. The van der Waals surface area contributed by atoms with Gasteiger partial charge in [0.25, 0.3) is 0 Å². The molecule has 1 atom stereocenters. The normalized spacial score (nSPS) is 12.4. The van der Waals surface area contributed by atoms with Gasteiger partial charge in [-0.1, -0.05) is 84.9 Å². The number of Topliss-reactive ketones (excluding diaryl/α,β-unsaturated/α-hetero) is 1. The molecule has 7 rings (SSSR count). The van der Waals surface area contributed by atoms with Gasteiger partial charge in [-0.25, -0.2) is 14.3 Å². The van der Waals surface area contributed by atoms with Gasteiger partial charge in [-0.15, -0.1) is 0 Å². The fraction of sp³-hybridized carbons (Fsp3) is 0.190. The molecule has 1 unspecified atom stereocenters. The maximum absolute atomic E-state index is 12.8. The van der Waals surface area contributed by atoms with Crippen LogP contribution in [0.15, 0.2) is 109 Å². The van der Waals surface area contributed by atoms with Crippen molar-refractivity contribution in [1.29, 1.82) is 5.26 Å². The van der Waals surface area contributed by atoms with Gasteiger partial charge in [0.05, 0.1) is 37.8 Å². The van der Waals surface area contributed by atoms with Crippen LogP contribution in [0.4, 0.5) is 17.3 Å². The number of aromatic amines is 1. The Morgan fingerprint density at radius 3 is 2.14 bits per heavy atom. The highest BCUT2D eigenvalue weighted by atomic mass is 16.5. The molecule has 6 aromatic rings. The van der Waals surface area contributed by atoms with E-state index in [1.807, 2.05) is 97.9 Å². The molecule has 2 aromatic heterocycles. The molecule has 56 heavy (non-hydrogen) atoms. The van der Waals surface area contributed by atoms with Crippen LogP contribution >= 0.6 is 0 Å². The smallest absolute Gasteiger partial charge is 0.338 e. The maximum Gasteiger partial charge on any atom is 0.338 e. The molecule has 0 aliphatic carbocycles. The Labute approximate surface area is 323 Å². The van der Waals surface area contributed by atoms with Crippen LogP contribution in [0.25, 0.3) is 26.4 Å². The number of aromatic nitrogens is 4. The molecule has 0 saturated heterocycles. The fourth-order valence-corrected chi connectivity index (χ4v) is 5.73. The number of esters is 2. The van der Waals surface area contributed by atoms with Gasteiger partial charge >= 0.3 is 11.9 Å². The van der Waals surface area contributed by atoms with Crippen molar-refractivity contribution in [2.24, 2.45) is 0 Å². The number of benzene rings is 4. The highest BCUT2D eigenvalue weighted by Gasteiger charge is 2.35. The van der Waals surface area contributed by atoms with Crippen LogP contribution in [0.1, 0.15) is 61.6 Å². The van der Waals surface area contributed by atoms with E-state index in [-0.39, 0.29) is 24.8 Å². The first-order valence-corrected chi connectivity index (χ1v) is 17.4. The van der Waals surface area contributed by atoms with Gasteiger partial charge < -0.3 is 20.5 Å². The van der Waals surface area contributed by atoms with E-state index in [1.165, 1.54) is 19.3 Å². The molecule has 0 amide bonds. The number of H-pyrrole nitrogens is 1. The summed E-state index contributed by atoms with van der Waals surface area (Å²) < 4.78 is 11.5. The van der Waals surface area contributed by atoms with Crippen molar-refractivity contribution in [3.63, 3.8) is 0 Å². The average molecular weight is 753 g/mol. The largest absolute Gasteiger partial charge is 0.466 e. The highest BCUT2D eigenvalue weighted by Crippen LogP contribution is 2.42. The van der Waals surface area contributed by atoms with Gasteiger partial charge in [0, 0.05) is 11.3 Å². The number of nitriles is 1. The molecule has 1 aliphatic rings. The second kappa shape index (κ2) is 20.0. The van der Waals surface area contributed by atoms with Crippen molar-refractivity contribution >= 4 is 62.9 Å². The van der Waals surface area contributed by atoms with Gasteiger partial charge in [0.2, 0.25) is 5.69 Å². The van der Waals surface area contributed by atoms with Crippen LogP contribution in [-0.2, 0) is 23.9 Å². The van der Waals surface area contributed by atoms with Crippen LogP contribution in [0, 0.1) is 17.9 Å². The molecule has 3 heterocycles. The molecular weight excluding hydrogens is 713 g/mol. The fourth-order valence-electron chi connectivity index (χ4n) is 5.73. The van der Waals surface area contributed by atoms with Crippen LogP contribution in [0.3, 0.4) is 0 Å². The van der Waals surface area contributed by atoms with Crippen molar-refractivity contribution < 1.29 is 28.7 Å². The van der Waals surface area contributed by atoms with Crippen molar-refractivity contribution in [2.45, 2.75) is 40.2 Å². The predicted octanol–water partition coefficient (Wildman–Crippen LogP) is 7.48. The van der Waals surface area contributed by atoms with E-state index in [0.29, 0.717) is 40.8 Å². The molecule has 0 spiro atoms. The summed E-state index contributed by atoms with van der Waals surface area (Å²) in [7, 11) is 0. The number of hydrogen-bond donors (Lipinski definition) is 3. The molecule has 4 N–H and O–H groups in total. The third-order valence-corrected chi connectivity index (χ3v) is 8.18. The zero-order valence-electron chi connectivity index (χ0n) is 31.3. The number of anilines is 2. The van der Waals surface area contributed by atoms with Crippen LogP contribution < -0.4 is 11.1 Å². The first-order valence-electron chi connectivity index (χ1n) is 17.4. The predicted molar refractivity (Wildman–Crippen MR) is 213 cm³/mol. The standard InChI is InChI=1S/C21H18N4O2.C11H8O.C6H10O3.C4H4N4/c1-4-27-21(26)18-13(2)24-20-17(22-3)12-23-25(20)19(18)16-11-7-9-14-8-5-6-10-15(14)16;12-8-10-6-3-5-9-4-1-2-7-11(9)10;1-3-9-6(8)4-5(2)7;5-1-3-2-7-8-4(3)6/h5-12,19,24H,4H2,1-2H3;1-8H;3-4H2,1-2H3;2H,(H3,6,7,8). The number of aldehydes is 1. The second-order valence-electron chi connectivity index (χ2n) is 12.0. The summed E-state index contributed by atoms with van der Waals surface area (Å²) in [4.78, 5) is 47.6. The summed E-state index contributed by atoms with van der Waals surface area (Å²) in [5.41, 5.74) is 8.89. The molecule has 0 radical (unpaired) electrons. The molecule has 0 bridgehead atoms. The number of carbonyl (C=O) groups excluding carboxylic acids is 4. The second-order valence-corrected chi connectivity index (χ2v) is 12.0. The van der Waals surface area contributed by atoms with Gasteiger partial charge in [-0.05, 0) is 54.8 Å². The van der Waals surface area contributed by atoms with Crippen molar-refractivity contribution in [2.75, 3.05) is 24.3 Å². The van der Waals surface area contributed by atoms with Gasteiger partial charge in [0.15, 0.2) is 6.29 Å². The lowest BCUT2D eigenvalue weighted by Crippen LogP contribution is -2.29. The molecule has 1 aliphatic heterocycles. The lowest BCUT2D eigenvalue weighted by Gasteiger charge is -2.30. The molecular formula is C42H40N8O6. The Morgan fingerprint density at radius 2 is 1.57 bits per heavy atom. The summed E-state index contributed by atoms with van der Waals surface area (Å²) >= 11 is 0. The van der Waals surface area contributed by atoms with E-state index in [2.05, 4.69) is 30.2 Å². The Morgan fingerprint density at radius 1 is 0.946 bits per heavy atom. The zero-order chi connectivity index (χ0) is 40.6. The molecule has 14 nitrogen and oxygen atoms in total. The van der Waals surface area contributed by atoms with E-state index in [0.717, 1.165) is 39.0 Å². The lowest BCUT2D eigenvalue weighted by atomic mass is 9.91. The average Bonchev–Trinajstić information content (AvgIpc) is 3.82.